The minimum Gasteiger partial charge on any atom is -0.322 e. The summed E-state index contributed by atoms with van der Waals surface area (Å²) in [5, 5.41) is 4.45. The van der Waals surface area contributed by atoms with E-state index in [0.717, 1.165) is 28.9 Å². The highest BCUT2D eigenvalue weighted by atomic mass is 16.1. The van der Waals surface area contributed by atoms with Crippen molar-refractivity contribution in [3.63, 3.8) is 0 Å². The Labute approximate surface area is 120 Å². The van der Waals surface area contributed by atoms with Gasteiger partial charge in [0, 0.05) is 17.6 Å². The molecule has 20 heavy (non-hydrogen) atoms. The quantitative estimate of drug-likeness (QED) is 0.758. The van der Waals surface area contributed by atoms with Crippen LogP contribution in [0.2, 0.25) is 0 Å². The summed E-state index contributed by atoms with van der Waals surface area (Å²) in [7, 11) is 0. The molecule has 0 amide bonds. The molecule has 2 N–H and O–H groups in total. The molecule has 0 aliphatic carbocycles. The van der Waals surface area contributed by atoms with Crippen molar-refractivity contribution >= 4 is 10.9 Å². The molecule has 3 heteroatoms. The lowest BCUT2D eigenvalue weighted by atomic mass is 10.1. The first-order valence-corrected chi connectivity index (χ1v) is 7.48. The second-order valence-electron chi connectivity index (χ2n) is 5.78. The van der Waals surface area contributed by atoms with E-state index in [0.29, 0.717) is 6.54 Å². The van der Waals surface area contributed by atoms with Gasteiger partial charge in [0.1, 0.15) is 0 Å². The van der Waals surface area contributed by atoms with Gasteiger partial charge >= 0.3 is 0 Å². The minimum absolute atomic E-state index is 0.0124. The third-order valence-corrected chi connectivity index (χ3v) is 3.53. The fourth-order valence-corrected chi connectivity index (χ4v) is 2.35. The normalized spacial score (nSPS) is 11.3. The third kappa shape index (κ3) is 4.20. The Morgan fingerprint density at radius 1 is 1.20 bits per heavy atom. The fraction of sp³-hybridized carbons (Fsp3) is 0.471. The van der Waals surface area contributed by atoms with Crippen molar-refractivity contribution in [2.75, 3.05) is 6.54 Å². The van der Waals surface area contributed by atoms with Crippen LogP contribution in [-0.2, 0) is 6.54 Å². The number of aromatic amines is 1. The Balaban J connectivity index is 1.87. The fourth-order valence-electron chi connectivity index (χ4n) is 2.35. The van der Waals surface area contributed by atoms with Crippen molar-refractivity contribution in [1.82, 2.24) is 10.3 Å². The van der Waals surface area contributed by atoms with E-state index in [1.165, 1.54) is 19.3 Å². The first-order chi connectivity index (χ1) is 9.66. The summed E-state index contributed by atoms with van der Waals surface area (Å²) in [4.78, 5) is 14.9. The van der Waals surface area contributed by atoms with Crippen LogP contribution in [0.15, 0.2) is 35.1 Å². The van der Waals surface area contributed by atoms with Crippen LogP contribution in [0.1, 0.15) is 38.7 Å². The number of para-hydroxylation sites is 1. The van der Waals surface area contributed by atoms with Crippen LogP contribution in [0.25, 0.3) is 10.9 Å². The second kappa shape index (κ2) is 7.25. The number of pyridine rings is 1. The van der Waals surface area contributed by atoms with E-state index in [4.69, 9.17) is 0 Å². The van der Waals surface area contributed by atoms with Crippen molar-refractivity contribution in [2.45, 2.75) is 39.7 Å². The molecule has 2 rings (SSSR count). The van der Waals surface area contributed by atoms with Gasteiger partial charge in [-0.1, -0.05) is 44.9 Å². The van der Waals surface area contributed by atoms with Crippen LogP contribution in [0.4, 0.5) is 0 Å². The summed E-state index contributed by atoms with van der Waals surface area (Å²) in [6, 6.07) is 9.86. The lowest BCUT2D eigenvalue weighted by Crippen LogP contribution is -2.21. The van der Waals surface area contributed by atoms with E-state index in [-0.39, 0.29) is 5.56 Å². The van der Waals surface area contributed by atoms with E-state index in [1.54, 1.807) is 0 Å². The van der Waals surface area contributed by atoms with Crippen molar-refractivity contribution in [3.05, 3.63) is 46.2 Å². The Kier molecular flexibility index (Phi) is 5.36. The largest absolute Gasteiger partial charge is 0.322 e. The Hall–Kier alpha value is -1.61. The molecule has 0 fully saturated rings. The molecule has 0 radical (unpaired) electrons. The summed E-state index contributed by atoms with van der Waals surface area (Å²) in [5.41, 5.74) is 1.73. The number of aromatic nitrogens is 1. The Morgan fingerprint density at radius 2 is 2.00 bits per heavy atom. The van der Waals surface area contributed by atoms with Crippen LogP contribution in [-0.4, -0.2) is 11.5 Å². The van der Waals surface area contributed by atoms with Gasteiger partial charge in [-0.2, -0.15) is 0 Å². The van der Waals surface area contributed by atoms with Crippen molar-refractivity contribution in [3.8, 4) is 0 Å². The van der Waals surface area contributed by atoms with E-state index < -0.39 is 0 Å². The smallest absolute Gasteiger partial charge is 0.252 e. The van der Waals surface area contributed by atoms with Crippen molar-refractivity contribution < 1.29 is 0 Å². The van der Waals surface area contributed by atoms with Gasteiger partial charge in [-0.05, 0) is 36.4 Å². The summed E-state index contributed by atoms with van der Waals surface area (Å²) in [6.07, 6.45) is 3.70. The topological polar surface area (TPSA) is 44.9 Å². The molecule has 0 aliphatic heterocycles. The number of unbranched alkanes of at least 4 members (excludes halogenated alkanes) is 1. The average Bonchev–Trinajstić information content (AvgIpc) is 2.42. The summed E-state index contributed by atoms with van der Waals surface area (Å²) < 4.78 is 0. The Morgan fingerprint density at radius 3 is 2.80 bits per heavy atom. The molecule has 0 aliphatic rings. The van der Waals surface area contributed by atoms with Gasteiger partial charge in [0.05, 0.1) is 0 Å². The third-order valence-electron chi connectivity index (χ3n) is 3.53. The lowest BCUT2D eigenvalue weighted by Gasteiger charge is -2.07. The molecule has 1 heterocycles. The molecule has 108 valence electrons. The maximum absolute atomic E-state index is 11.9. The van der Waals surface area contributed by atoms with Gasteiger partial charge in [0.15, 0.2) is 0 Å². The number of H-pyrrole nitrogens is 1. The maximum Gasteiger partial charge on any atom is 0.252 e. The number of fused-ring (bicyclic) bond motifs is 1. The lowest BCUT2D eigenvalue weighted by molar-refractivity contribution is 0.520. The van der Waals surface area contributed by atoms with Crippen LogP contribution >= 0.6 is 0 Å². The zero-order valence-electron chi connectivity index (χ0n) is 12.4. The zero-order chi connectivity index (χ0) is 14.4. The Bertz CT molecular complexity index is 601. The van der Waals surface area contributed by atoms with E-state index in [1.807, 2.05) is 30.3 Å². The number of nitrogens with one attached hydrogen (secondary N) is 2. The molecular formula is C17H24N2O. The molecule has 0 bridgehead atoms. The van der Waals surface area contributed by atoms with E-state index >= 15 is 0 Å². The number of hydrogen-bond acceptors (Lipinski definition) is 2. The summed E-state index contributed by atoms with van der Waals surface area (Å²) >= 11 is 0. The first-order valence-electron chi connectivity index (χ1n) is 7.48. The SMILES string of the molecule is CC(C)CCCCNCc1cc2ccccc2[nH]c1=O. The van der Waals surface area contributed by atoms with Crippen LogP contribution in [0, 0.1) is 5.92 Å². The maximum atomic E-state index is 11.9. The molecule has 2 aromatic rings. The highest BCUT2D eigenvalue weighted by Gasteiger charge is 2.02. The van der Waals surface area contributed by atoms with Crippen LogP contribution in [0.3, 0.4) is 0 Å². The molecule has 0 saturated carbocycles. The van der Waals surface area contributed by atoms with Gasteiger partial charge in [0.2, 0.25) is 0 Å². The molecule has 0 unspecified atom stereocenters. The molecule has 0 atom stereocenters. The van der Waals surface area contributed by atoms with Gasteiger partial charge < -0.3 is 10.3 Å². The molecule has 1 aromatic carbocycles. The highest BCUT2D eigenvalue weighted by molar-refractivity contribution is 5.78. The predicted octanol–water partition coefficient (Wildman–Crippen LogP) is 3.44. The van der Waals surface area contributed by atoms with Gasteiger partial charge in [-0.3, -0.25) is 4.79 Å². The monoisotopic (exact) mass is 272 g/mol. The van der Waals surface area contributed by atoms with Crippen molar-refractivity contribution in [2.24, 2.45) is 5.92 Å². The highest BCUT2D eigenvalue weighted by Crippen LogP contribution is 2.10. The zero-order valence-corrected chi connectivity index (χ0v) is 12.4. The molecule has 0 spiro atoms. The summed E-state index contributed by atoms with van der Waals surface area (Å²) in [6.45, 7) is 6.12. The second-order valence-corrected chi connectivity index (χ2v) is 5.78. The van der Waals surface area contributed by atoms with Crippen molar-refractivity contribution in [1.29, 1.82) is 0 Å². The van der Waals surface area contributed by atoms with Gasteiger partial charge in [0.25, 0.3) is 5.56 Å². The summed E-state index contributed by atoms with van der Waals surface area (Å²) in [5.74, 6) is 0.776. The molecule has 3 nitrogen and oxygen atoms in total. The van der Waals surface area contributed by atoms with E-state index in [9.17, 15) is 4.79 Å². The number of benzene rings is 1. The van der Waals surface area contributed by atoms with E-state index in [2.05, 4.69) is 24.1 Å². The predicted molar refractivity (Wildman–Crippen MR) is 85.0 cm³/mol. The molecule has 0 saturated heterocycles. The van der Waals surface area contributed by atoms with Crippen LogP contribution in [0.5, 0.6) is 0 Å². The van der Waals surface area contributed by atoms with Gasteiger partial charge in [-0.25, -0.2) is 0 Å². The average molecular weight is 272 g/mol. The number of hydrogen-bond donors (Lipinski definition) is 2. The minimum atomic E-state index is 0.0124. The van der Waals surface area contributed by atoms with Gasteiger partial charge in [-0.15, -0.1) is 0 Å². The number of rotatable bonds is 7. The molecular weight excluding hydrogens is 248 g/mol. The first kappa shape index (κ1) is 14.8. The van der Waals surface area contributed by atoms with Crippen LogP contribution < -0.4 is 10.9 Å². The molecule has 1 aromatic heterocycles. The standard InChI is InChI=1S/C17H24N2O/c1-13(2)7-5-6-10-18-12-15-11-14-8-3-4-9-16(14)19-17(15)20/h3-4,8-9,11,13,18H,5-7,10,12H2,1-2H3,(H,19,20).